The Bertz CT molecular complexity index is 289. The Morgan fingerprint density at radius 2 is 2.08 bits per heavy atom. The van der Waals surface area contributed by atoms with Crippen molar-refractivity contribution < 1.29 is 5.11 Å². The summed E-state index contributed by atoms with van der Waals surface area (Å²) in [6.07, 6.45) is 0.659. The van der Waals surface area contributed by atoms with E-state index in [1.54, 1.807) is 6.92 Å². The molecule has 1 rings (SSSR count). The van der Waals surface area contributed by atoms with Gasteiger partial charge in [-0.1, -0.05) is 6.92 Å². The maximum atomic E-state index is 9.51. The van der Waals surface area contributed by atoms with Crippen LogP contribution in [0.2, 0.25) is 0 Å². The van der Waals surface area contributed by atoms with E-state index in [2.05, 4.69) is 12.0 Å². The lowest BCUT2D eigenvalue weighted by Gasteiger charge is -2.05. The lowest BCUT2D eigenvalue weighted by atomic mass is 10.1. The van der Waals surface area contributed by atoms with Crippen LogP contribution in [0, 0.1) is 13.8 Å². The summed E-state index contributed by atoms with van der Waals surface area (Å²) in [6.45, 7) is 8.80. The van der Waals surface area contributed by atoms with Crippen LogP contribution in [-0.2, 0) is 6.54 Å². The monoisotopic (exact) mass is 182 g/mol. The summed E-state index contributed by atoms with van der Waals surface area (Å²) in [5, 5.41) is 13.9. The third-order valence-electron chi connectivity index (χ3n) is 2.29. The van der Waals surface area contributed by atoms with E-state index in [4.69, 9.17) is 0 Å². The molecule has 0 aliphatic carbocycles. The second kappa shape index (κ2) is 3.92. The fourth-order valence-electron chi connectivity index (χ4n) is 1.74. The molecule has 0 saturated heterocycles. The molecule has 0 aliphatic heterocycles. The van der Waals surface area contributed by atoms with Crippen LogP contribution < -0.4 is 0 Å². The second-order valence-electron chi connectivity index (χ2n) is 3.48. The highest BCUT2D eigenvalue weighted by atomic mass is 16.3. The zero-order chi connectivity index (χ0) is 10.0. The SMILES string of the molecule is CCCn1nc(C)c(C(C)O)c1C. The molecule has 1 aromatic rings. The molecule has 1 aromatic heterocycles. The molecule has 0 radical (unpaired) electrons. The molecule has 0 aliphatic rings. The van der Waals surface area contributed by atoms with Crippen LogP contribution in [0.3, 0.4) is 0 Å². The molecule has 3 nitrogen and oxygen atoms in total. The van der Waals surface area contributed by atoms with Crippen molar-refractivity contribution in [3.63, 3.8) is 0 Å². The van der Waals surface area contributed by atoms with Crippen LogP contribution >= 0.6 is 0 Å². The van der Waals surface area contributed by atoms with Crippen LogP contribution in [0.5, 0.6) is 0 Å². The molecule has 1 N–H and O–H groups in total. The number of aromatic nitrogens is 2. The molecule has 0 fully saturated rings. The van der Waals surface area contributed by atoms with Gasteiger partial charge in [0.05, 0.1) is 11.8 Å². The summed E-state index contributed by atoms with van der Waals surface area (Å²) in [5.74, 6) is 0. The summed E-state index contributed by atoms with van der Waals surface area (Å²) < 4.78 is 1.97. The Balaban J connectivity index is 3.07. The molecule has 0 spiro atoms. The summed E-state index contributed by atoms with van der Waals surface area (Å²) in [7, 11) is 0. The highest BCUT2D eigenvalue weighted by Crippen LogP contribution is 2.20. The largest absolute Gasteiger partial charge is 0.389 e. The van der Waals surface area contributed by atoms with Crippen molar-refractivity contribution in [3.05, 3.63) is 17.0 Å². The van der Waals surface area contributed by atoms with Gasteiger partial charge in [-0.2, -0.15) is 5.10 Å². The van der Waals surface area contributed by atoms with E-state index < -0.39 is 6.10 Å². The molecular formula is C10H18N2O. The number of hydrogen-bond donors (Lipinski definition) is 1. The van der Waals surface area contributed by atoms with Crippen LogP contribution in [-0.4, -0.2) is 14.9 Å². The Morgan fingerprint density at radius 3 is 2.46 bits per heavy atom. The fourth-order valence-corrected chi connectivity index (χ4v) is 1.74. The van der Waals surface area contributed by atoms with Gasteiger partial charge < -0.3 is 5.11 Å². The summed E-state index contributed by atoms with van der Waals surface area (Å²) in [6, 6.07) is 0. The number of aryl methyl sites for hydroxylation is 2. The fraction of sp³-hybridized carbons (Fsp3) is 0.700. The van der Waals surface area contributed by atoms with Crippen molar-refractivity contribution in [2.45, 2.75) is 46.8 Å². The molecule has 1 heterocycles. The normalized spacial score (nSPS) is 13.3. The molecule has 0 saturated carbocycles. The van der Waals surface area contributed by atoms with Gasteiger partial charge in [0.2, 0.25) is 0 Å². The van der Waals surface area contributed by atoms with Gasteiger partial charge in [-0.25, -0.2) is 0 Å². The van der Waals surface area contributed by atoms with Gasteiger partial charge in [0, 0.05) is 17.8 Å². The van der Waals surface area contributed by atoms with Crippen molar-refractivity contribution in [1.82, 2.24) is 9.78 Å². The van der Waals surface area contributed by atoms with E-state index in [9.17, 15) is 5.11 Å². The number of rotatable bonds is 3. The molecule has 0 aromatic carbocycles. The number of aliphatic hydroxyl groups is 1. The first kappa shape index (κ1) is 10.3. The highest BCUT2D eigenvalue weighted by molar-refractivity contribution is 5.26. The zero-order valence-corrected chi connectivity index (χ0v) is 8.83. The van der Waals surface area contributed by atoms with Crippen molar-refractivity contribution in [2.75, 3.05) is 0 Å². The van der Waals surface area contributed by atoms with Crippen molar-refractivity contribution >= 4 is 0 Å². The minimum atomic E-state index is -0.411. The number of nitrogens with zero attached hydrogens (tertiary/aromatic N) is 2. The molecule has 1 atom stereocenters. The van der Waals surface area contributed by atoms with Gasteiger partial charge >= 0.3 is 0 Å². The quantitative estimate of drug-likeness (QED) is 0.776. The third-order valence-corrected chi connectivity index (χ3v) is 2.29. The van der Waals surface area contributed by atoms with Crippen LogP contribution in [0.15, 0.2) is 0 Å². The van der Waals surface area contributed by atoms with Crippen LogP contribution in [0.25, 0.3) is 0 Å². The first-order valence-corrected chi connectivity index (χ1v) is 4.79. The maximum Gasteiger partial charge on any atom is 0.0797 e. The van der Waals surface area contributed by atoms with E-state index in [-0.39, 0.29) is 0 Å². The predicted molar refractivity (Wildman–Crippen MR) is 52.6 cm³/mol. The minimum absolute atomic E-state index is 0.411. The van der Waals surface area contributed by atoms with E-state index >= 15 is 0 Å². The van der Waals surface area contributed by atoms with Crippen molar-refractivity contribution in [1.29, 1.82) is 0 Å². The smallest absolute Gasteiger partial charge is 0.0797 e. The van der Waals surface area contributed by atoms with E-state index in [0.29, 0.717) is 0 Å². The first-order chi connectivity index (χ1) is 6.07. The van der Waals surface area contributed by atoms with Gasteiger partial charge in [-0.3, -0.25) is 4.68 Å². The van der Waals surface area contributed by atoms with E-state index in [1.165, 1.54) is 0 Å². The van der Waals surface area contributed by atoms with Crippen molar-refractivity contribution in [3.8, 4) is 0 Å². The van der Waals surface area contributed by atoms with Gasteiger partial charge in [0.25, 0.3) is 0 Å². The Morgan fingerprint density at radius 1 is 1.46 bits per heavy atom. The third kappa shape index (κ3) is 1.91. The molecule has 13 heavy (non-hydrogen) atoms. The number of hydrogen-bond acceptors (Lipinski definition) is 2. The summed E-state index contributed by atoms with van der Waals surface area (Å²) in [5.41, 5.74) is 3.02. The van der Waals surface area contributed by atoms with Gasteiger partial charge in [-0.15, -0.1) is 0 Å². The maximum absolute atomic E-state index is 9.51. The molecular weight excluding hydrogens is 164 g/mol. The van der Waals surface area contributed by atoms with E-state index in [0.717, 1.165) is 29.9 Å². The Hall–Kier alpha value is -0.830. The van der Waals surface area contributed by atoms with Gasteiger partial charge in [-0.05, 0) is 27.2 Å². The van der Waals surface area contributed by atoms with Crippen LogP contribution in [0.4, 0.5) is 0 Å². The van der Waals surface area contributed by atoms with Crippen LogP contribution in [0.1, 0.15) is 43.3 Å². The first-order valence-electron chi connectivity index (χ1n) is 4.79. The average Bonchev–Trinajstić information content (AvgIpc) is 2.28. The van der Waals surface area contributed by atoms with Gasteiger partial charge in [0.15, 0.2) is 0 Å². The molecule has 3 heteroatoms. The molecule has 74 valence electrons. The molecule has 1 unspecified atom stereocenters. The summed E-state index contributed by atoms with van der Waals surface area (Å²) in [4.78, 5) is 0. The summed E-state index contributed by atoms with van der Waals surface area (Å²) >= 11 is 0. The number of aliphatic hydroxyl groups excluding tert-OH is 1. The van der Waals surface area contributed by atoms with Gasteiger partial charge in [0.1, 0.15) is 0 Å². The minimum Gasteiger partial charge on any atom is -0.389 e. The Kier molecular flexibility index (Phi) is 3.09. The highest BCUT2D eigenvalue weighted by Gasteiger charge is 2.14. The second-order valence-corrected chi connectivity index (χ2v) is 3.48. The average molecular weight is 182 g/mol. The molecule has 0 amide bonds. The predicted octanol–water partition coefficient (Wildman–Crippen LogP) is 1.96. The standard InChI is InChI=1S/C10H18N2O/c1-5-6-12-8(3)10(9(4)13)7(2)11-12/h9,13H,5-6H2,1-4H3. The van der Waals surface area contributed by atoms with Crippen molar-refractivity contribution in [2.24, 2.45) is 0 Å². The zero-order valence-electron chi connectivity index (χ0n) is 8.83. The Labute approximate surface area is 79.4 Å². The lowest BCUT2D eigenvalue weighted by Crippen LogP contribution is -2.02. The topological polar surface area (TPSA) is 38.0 Å². The molecule has 0 bridgehead atoms. The van der Waals surface area contributed by atoms with E-state index in [1.807, 2.05) is 18.5 Å². The lowest BCUT2D eigenvalue weighted by molar-refractivity contribution is 0.197.